The second-order valence-electron chi connectivity index (χ2n) is 2.16. The van der Waals surface area contributed by atoms with Crippen LogP contribution < -0.4 is 0 Å². The van der Waals surface area contributed by atoms with Gasteiger partial charge in [-0.05, 0) is 31.4 Å². The van der Waals surface area contributed by atoms with E-state index in [9.17, 15) is 4.79 Å². The highest BCUT2D eigenvalue weighted by Crippen LogP contribution is 2.09. The van der Waals surface area contributed by atoms with Gasteiger partial charge in [0, 0.05) is 6.42 Å². The number of hydrogen-bond acceptors (Lipinski definition) is 1. The van der Waals surface area contributed by atoms with Crippen LogP contribution in [0.2, 0.25) is 0 Å². The minimum Gasteiger partial charge on any atom is -0.281 e. The zero-order chi connectivity index (χ0) is 7.98. The van der Waals surface area contributed by atoms with Crippen molar-refractivity contribution in [1.82, 2.24) is 0 Å². The van der Waals surface area contributed by atoms with E-state index in [2.05, 4.69) is 6.92 Å². The van der Waals surface area contributed by atoms with Gasteiger partial charge in [-0.15, -0.1) is 0 Å². The zero-order valence-electron chi connectivity index (χ0n) is 6.48. The standard InChI is InChI=1S/C8H13ClO/c1-3-7(4-2)5-6-8(9)10/h3H,4-6H2,1-2H3/b7-3+. The van der Waals surface area contributed by atoms with E-state index in [-0.39, 0.29) is 5.24 Å². The second-order valence-corrected chi connectivity index (χ2v) is 2.58. The first-order chi connectivity index (χ1) is 4.70. The van der Waals surface area contributed by atoms with Crippen molar-refractivity contribution in [2.24, 2.45) is 0 Å². The van der Waals surface area contributed by atoms with Gasteiger partial charge >= 0.3 is 0 Å². The summed E-state index contributed by atoms with van der Waals surface area (Å²) in [6.07, 6.45) is 4.34. The van der Waals surface area contributed by atoms with Gasteiger partial charge in [-0.25, -0.2) is 0 Å². The summed E-state index contributed by atoms with van der Waals surface area (Å²) >= 11 is 5.17. The van der Waals surface area contributed by atoms with Gasteiger partial charge in [-0.3, -0.25) is 4.79 Å². The average molecular weight is 161 g/mol. The van der Waals surface area contributed by atoms with Gasteiger partial charge in [-0.2, -0.15) is 0 Å². The molecule has 1 nitrogen and oxygen atoms in total. The molecule has 0 aliphatic rings. The van der Waals surface area contributed by atoms with Crippen LogP contribution in [0.3, 0.4) is 0 Å². The van der Waals surface area contributed by atoms with Crippen LogP contribution in [0.4, 0.5) is 0 Å². The lowest BCUT2D eigenvalue weighted by molar-refractivity contribution is -0.111. The summed E-state index contributed by atoms with van der Waals surface area (Å²) in [7, 11) is 0. The predicted molar refractivity (Wildman–Crippen MR) is 44.1 cm³/mol. The van der Waals surface area contributed by atoms with Crippen LogP contribution >= 0.6 is 11.6 Å². The number of allylic oxidation sites excluding steroid dienone is 2. The van der Waals surface area contributed by atoms with Gasteiger partial charge < -0.3 is 0 Å². The van der Waals surface area contributed by atoms with Crippen molar-refractivity contribution in [3.8, 4) is 0 Å². The Labute approximate surface area is 67.1 Å². The van der Waals surface area contributed by atoms with Gasteiger partial charge in [0.25, 0.3) is 0 Å². The number of hydrogen-bond donors (Lipinski definition) is 0. The molecule has 0 atom stereocenters. The quantitative estimate of drug-likeness (QED) is 0.457. The minimum atomic E-state index is -0.243. The first-order valence-corrected chi connectivity index (χ1v) is 3.90. The lowest BCUT2D eigenvalue weighted by Crippen LogP contribution is -1.88. The third-order valence-electron chi connectivity index (χ3n) is 1.51. The van der Waals surface area contributed by atoms with Crippen LogP contribution in [0, 0.1) is 0 Å². The number of carbonyl (C=O) groups excluding carboxylic acids is 1. The zero-order valence-corrected chi connectivity index (χ0v) is 7.24. The van der Waals surface area contributed by atoms with Crippen molar-refractivity contribution in [3.05, 3.63) is 11.6 Å². The summed E-state index contributed by atoms with van der Waals surface area (Å²) in [4.78, 5) is 10.3. The van der Waals surface area contributed by atoms with Gasteiger partial charge in [-0.1, -0.05) is 18.6 Å². The minimum absolute atomic E-state index is 0.243. The topological polar surface area (TPSA) is 17.1 Å². The predicted octanol–water partition coefficient (Wildman–Crippen LogP) is 2.89. The fourth-order valence-corrected chi connectivity index (χ4v) is 0.879. The lowest BCUT2D eigenvalue weighted by atomic mass is 10.1. The van der Waals surface area contributed by atoms with Crippen LogP contribution in [0.25, 0.3) is 0 Å². The molecule has 0 spiro atoms. The van der Waals surface area contributed by atoms with Crippen molar-refractivity contribution in [2.75, 3.05) is 0 Å². The maximum atomic E-state index is 10.3. The summed E-state index contributed by atoms with van der Waals surface area (Å²) in [6.45, 7) is 4.06. The summed E-state index contributed by atoms with van der Waals surface area (Å²) < 4.78 is 0. The van der Waals surface area contributed by atoms with Gasteiger partial charge in [0.05, 0.1) is 0 Å². The molecule has 0 fully saturated rings. The molecule has 2 heteroatoms. The third-order valence-corrected chi connectivity index (χ3v) is 1.69. The highest BCUT2D eigenvalue weighted by molar-refractivity contribution is 6.63. The Kier molecular flexibility index (Phi) is 5.32. The number of rotatable bonds is 4. The first kappa shape index (κ1) is 9.70. The Hall–Kier alpha value is -0.300. The Morgan fingerprint density at radius 3 is 2.40 bits per heavy atom. The van der Waals surface area contributed by atoms with E-state index < -0.39 is 0 Å². The molecule has 0 saturated heterocycles. The summed E-state index contributed by atoms with van der Waals surface area (Å²) in [6, 6.07) is 0. The molecule has 0 bridgehead atoms. The van der Waals surface area contributed by atoms with Crippen molar-refractivity contribution < 1.29 is 4.79 Å². The van der Waals surface area contributed by atoms with Gasteiger partial charge in [0.1, 0.15) is 0 Å². The fourth-order valence-electron chi connectivity index (χ4n) is 0.784. The molecule has 0 saturated carbocycles. The molecular formula is C8H13ClO. The molecule has 0 aliphatic heterocycles. The van der Waals surface area contributed by atoms with E-state index in [1.807, 2.05) is 13.0 Å². The van der Waals surface area contributed by atoms with Crippen LogP contribution in [0.15, 0.2) is 11.6 Å². The SMILES string of the molecule is C/C=C(\CC)CCC(=O)Cl. The van der Waals surface area contributed by atoms with Gasteiger partial charge in [0.2, 0.25) is 5.24 Å². The van der Waals surface area contributed by atoms with Gasteiger partial charge in [0.15, 0.2) is 0 Å². The van der Waals surface area contributed by atoms with E-state index >= 15 is 0 Å². The van der Waals surface area contributed by atoms with Crippen LogP contribution in [-0.2, 0) is 4.79 Å². The highest BCUT2D eigenvalue weighted by Gasteiger charge is 1.97. The molecule has 0 aliphatic carbocycles. The van der Waals surface area contributed by atoms with E-state index in [1.165, 1.54) is 5.57 Å². The Balaban J connectivity index is 3.56. The van der Waals surface area contributed by atoms with Crippen LogP contribution in [0.5, 0.6) is 0 Å². The molecule has 0 aromatic rings. The molecule has 0 amide bonds. The molecule has 0 heterocycles. The Bertz CT molecular complexity index is 138. The molecule has 10 heavy (non-hydrogen) atoms. The number of carbonyl (C=O) groups is 1. The fraction of sp³-hybridized carbons (Fsp3) is 0.625. The molecular weight excluding hydrogens is 148 g/mol. The molecule has 0 aromatic carbocycles. The summed E-state index contributed by atoms with van der Waals surface area (Å²) in [5, 5.41) is -0.243. The van der Waals surface area contributed by atoms with E-state index in [1.54, 1.807) is 0 Å². The van der Waals surface area contributed by atoms with Crippen LogP contribution in [0.1, 0.15) is 33.1 Å². The molecule has 0 rings (SSSR count). The molecule has 0 aromatic heterocycles. The largest absolute Gasteiger partial charge is 0.281 e. The second kappa shape index (κ2) is 5.48. The summed E-state index contributed by atoms with van der Waals surface area (Å²) in [5.41, 5.74) is 1.30. The monoisotopic (exact) mass is 160 g/mol. The van der Waals surface area contributed by atoms with E-state index in [4.69, 9.17) is 11.6 Å². The average Bonchev–Trinajstić information content (AvgIpc) is 1.90. The van der Waals surface area contributed by atoms with Crippen molar-refractivity contribution >= 4 is 16.8 Å². The Morgan fingerprint density at radius 1 is 1.50 bits per heavy atom. The molecule has 0 N–H and O–H groups in total. The van der Waals surface area contributed by atoms with Crippen molar-refractivity contribution in [3.63, 3.8) is 0 Å². The van der Waals surface area contributed by atoms with Crippen LogP contribution in [-0.4, -0.2) is 5.24 Å². The molecule has 0 radical (unpaired) electrons. The first-order valence-electron chi connectivity index (χ1n) is 3.53. The number of halogens is 1. The normalized spacial score (nSPS) is 11.7. The smallest absolute Gasteiger partial charge is 0.221 e. The van der Waals surface area contributed by atoms with E-state index in [0.29, 0.717) is 6.42 Å². The maximum absolute atomic E-state index is 10.3. The molecule has 0 unspecified atom stereocenters. The molecule has 58 valence electrons. The maximum Gasteiger partial charge on any atom is 0.221 e. The lowest BCUT2D eigenvalue weighted by Gasteiger charge is -1.98. The highest BCUT2D eigenvalue weighted by atomic mass is 35.5. The summed E-state index contributed by atoms with van der Waals surface area (Å²) in [5.74, 6) is 0. The third kappa shape index (κ3) is 4.57. The Morgan fingerprint density at radius 2 is 2.10 bits per heavy atom. The van der Waals surface area contributed by atoms with Crippen molar-refractivity contribution in [1.29, 1.82) is 0 Å². The van der Waals surface area contributed by atoms with E-state index in [0.717, 1.165) is 12.8 Å². The van der Waals surface area contributed by atoms with Crippen molar-refractivity contribution in [2.45, 2.75) is 33.1 Å².